The van der Waals surface area contributed by atoms with Gasteiger partial charge in [-0.15, -0.1) is 0 Å². The van der Waals surface area contributed by atoms with Crippen molar-refractivity contribution in [1.82, 2.24) is 10.2 Å². The first kappa shape index (κ1) is 14.3. The summed E-state index contributed by atoms with van der Waals surface area (Å²) in [4.78, 5) is 4.70. The zero-order valence-electron chi connectivity index (χ0n) is 12.3. The SMILES string of the molecule is CNCC1CN(C)C(C)(C)CN1c1cccc(F)c1. The average molecular weight is 265 g/mol. The molecule has 0 radical (unpaired) electrons. The molecule has 0 spiro atoms. The van der Waals surface area contributed by atoms with Gasteiger partial charge in [-0.05, 0) is 46.1 Å². The molecular weight excluding hydrogens is 241 g/mol. The molecule has 2 rings (SSSR count). The topological polar surface area (TPSA) is 18.5 Å². The van der Waals surface area contributed by atoms with E-state index in [4.69, 9.17) is 0 Å². The second-order valence-electron chi connectivity index (χ2n) is 6.01. The highest BCUT2D eigenvalue weighted by molar-refractivity contribution is 5.49. The van der Waals surface area contributed by atoms with E-state index >= 15 is 0 Å². The summed E-state index contributed by atoms with van der Waals surface area (Å²) in [7, 11) is 4.12. The van der Waals surface area contributed by atoms with Gasteiger partial charge in [0.1, 0.15) is 5.82 Å². The zero-order chi connectivity index (χ0) is 14.0. The Morgan fingerprint density at radius 2 is 2.16 bits per heavy atom. The molecule has 106 valence electrons. The fourth-order valence-electron chi connectivity index (χ4n) is 2.70. The summed E-state index contributed by atoms with van der Waals surface area (Å²) in [6.45, 7) is 7.24. The lowest BCUT2D eigenvalue weighted by Gasteiger charge is -2.50. The van der Waals surface area contributed by atoms with Crippen molar-refractivity contribution in [3.63, 3.8) is 0 Å². The Morgan fingerprint density at radius 1 is 1.42 bits per heavy atom. The van der Waals surface area contributed by atoms with Crippen molar-refractivity contribution in [3.05, 3.63) is 30.1 Å². The molecule has 19 heavy (non-hydrogen) atoms. The number of hydrogen-bond donors (Lipinski definition) is 1. The molecule has 1 unspecified atom stereocenters. The van der Waals surface area contributed by atoms with Gasteiger partial charge in [0.15, 0.2) is 0 Å². The third-order valence-electron chi connectivity index (χ3n) is 4.10. The first-order chi connectivity index (χ1) is 8.94. The van der Waals surface area contributed by atoms with Gasteiger partial charge >= 0.3 is 0 Å². The fraction of sp³-hybridized carbons (Fsp3) is 0.600. The van der Waals surface area contributed by atoms with E-state index < -0.39 is 0 Å². The maximum absolute atomic E-state index is 13.5. The third kappa shape index (κ3) is 3.07. The molecule has 1 aromatic rings. The number of hydrogen-bond acceptors (Lipinski definition) is 3. The van der Waals surface area contributed by atoms with Gasteiger partial charge in [-0.25, -0.2) is 4.39 Å². The summed E-state index contributed by atoms with van der Waals surface area (Å²) >= 11 is 0. The van der Waals surface area contributed by atoms with Gasteiger partial charge in [0.25, 0.3) is 0 Å². The van der Waals surface area contributed by atoms with Crippen LogP contribution >= 0.6 is 0 Å². The van der Waals surface area contributed by atoms with Crippen LogP contribution in [0.5, 0.6) is 0 Å². The van der Waals surface area contributed by atoms with E-state index in [1.165, 1.54) is 6.07 Å². The monoisotopic (exact) mass is 265 g/mol. The van der Waals surface area contributed by atoms with E-state index in [0.29, 0.717) is 6.04 Å². The molecular formula is C15H24FN3. The minimum absolute atomic E-state index is 0.0938. The average Bonchev–Trinajstić information content (AvgIpc) is 2.34. The maximum Gasteiger partial charge on any atom is 0.125 e. The van der Waals surface area contributed by atoms with E-state index in [1.807, 2.05) is 13.1 Å². The van der Waals surface area contributed by atoms with Crippen LogP contribution in [0.3, 0.4) is 0 Å². The quantitative estimate of drug-likeness (QED) is 0.901. The number of nitrogens with one attached hydrogen (secondary N) is 1. The van der Waals surface area contributed by atoms with Crippen LogP contribution in [-0.4, -0.2) is 50.2 Å². The van der Waals surface area contributed by atoms with Crippen LogP contribution < -0.4 is 10.2 Å². The Labute approximate surface area is 115 Å². The molecule has 1 saturated heterocycles. The molecule has 4 heteroatoms. The minimum Gasteiger partial charge on any atom is -0.364 e. The third-order valence-corrected chi connectivity index (χ3v) is 4.10. The van der Waals surface area contributed by atoms with Crippen molar-refractivity contribution in [1.29, 1.82) is 0 Å². The molecule has 0 aromatic heterocycles. The molecule has 1 aromatic carbocycles. The summed E-state index contributed by atoms with van der Waals surface area (Å²) in [6, 6.07) is 7.27. The van der Waals surface area contributed by atoms with Gasteiger partial charge in [0.2, 0.25) is 0 Å². The summed E-state index contributed by atoms with van der Waals surface area (Å²) in [5, 5.41) is 3.24. The van der Waals surface area contributed by atoms with E-state index in [9.17, 15) is 4.39 Å². The predicted octanol–water partition coefficient (Wildman–Crippen LogP) is 1.94. The van der Waals surface area contributed by atoms with Gasteiger partial charge in [-0.2, -0.15) is 0 Å². The lowest BCUT2D eigenvalue weighted by Crippen LogP contribution is -2.64. The van der Waals surface area contributed by atoms with Crippen molar-refractivity contribution in [2.75, 3.05) is 38.6 Å². The summed E-state index contributed by atoms with van der Waals surface area (Å²) in [5.41, 5.74) is 1.07. The summed E-state index contributed by atoms with van der Waals surface area (Å²) < 4.78 is 13.5. The molecule has 1 atom stereocenters. The van der Waals surface area contributed by atoms with Crippen LogP contribution in [0.1, 0.15) is 13.8 Å². The van der Waals surface area contributed by atoms with Crippen LogP contribution in [0, 0.1) is 5.82 Å². The van der Waals surface area contributed by atoms with Gasteiger partial charge in [-0.1, -0.05) is 6.07 Å². The highest BCUT2D eigenvalue weighted by Gasteiger charge is 2.36. The van der Waals surface area contributed by atoms with Crippen LogP contribution in [0.15, 0.2) is 24.3 Å². The summed E-state index contributed by atoms with van der Waals surface area (Å²) in [6.07, 6.45) is 0. The second-order valence-corrected chi connectivity index (χ2v) is 6.01. The maximum atomic E-state index is 13.5. The second kappa shape index (κ2) is 5.47. The molecule has 0 bridgehead atoms. The highest BCUT2D eigenvalue weighted by atomic mass is 19.1. The van der Waals surface area contributed by atoms with Crippen LogP contribution in [0.25, 0.3) is 0 Å². The number of rotatable bonds is 3. The zero-order valence-corrected chi connectivity index (χ0v) is 12.3. The molecule has 3 nitrogen and oxygen atoms in total. The molecule has 1 N–H and O–H groups in total. The first-order valence-corrected chi connectivity index (χ1v) is 6.82. The molecule has 0 saturated carbocycles. The number of likely N-dealkylation sites (N-methyl/N-ethyl adjacent to an activating group) is 2. The van der Waals surface area contributed by atoms with Crippen molar-refractivity contribution in [2.24, 2.45) is 0 Å². The first-order valence-electron chi connectivity index (χ1n) is 6.82. The Morgan fingerprint density at radius 3 is 2.79 bits per heavy atom. The van der Waals surface area contributed by atoms with Crippen LogP contribution in [0.4, 0.5) is 10.1 Å². The number of benzene rings is 1. The Balaban J connectivity index is 2.28. The normalized spacial score (nSPS) is 23.6. The molecule has 1 aliphatic rings. The number of piperazine rings is 1. The standard InChI is InChI=1S/C15H24FN3/c1-15(2)11-19(13-7-5-6-12(16)8-13)14(9-17-3)10-18(15)4/h5-8,14,17H,9-11H2,1-4H3. The molecule has 1 aliphatic heterocycles. The van der Waals surface area contributed by atoms with E-state index in [0.717, 1.165) is 25.3 Å². The van der Waals surface area contributed by atoms with Gasteiger partial charge in [0, 0.05) is 30.9 Å². The van der Waals surface area contributed by atoms with Crippen molar-refractivity contribution in [2.45, 2.75) is 25.4 Å². The van der Waals surface area contributed by atoms with Gasteiger partial charge in [0.05, 0.1) is 6.04 Å². The van der Waals surface area contributed by atoms with Gasteiger partial charge < -0.3 is 10.2 Å². The van der Waals surface area contributed by atoms with Crippen molar-refractivity contribution in [3.8, 4) is 0 Å². The van der Waals surface area contributed by atoms with Crippen LogP contribution in [-0.2, 0) is 0 Å². The molecule has 1 heterocycles. The number of halogens is 1. The molecule has 0 amide bonds. The Hall–Kier alpha value is -1.13. The molecule has 1 fully saturated rings. The lowest BCUT2D eigenvalue weighted by atomic mass is 9.95. The van der Waals surface area contributed by atoms with E-state index in [2.05, 4.69) is 36.0 Å². The Bertz CT molecular complexity index is 433. The minimum atomic E-state index is -0.169. The largest absolute Gasteiger partial charge is 0.364 e. The smallest absolute Gasteiger partial charge is 0.125 e. The van der Waals surface area contributed by atoms with Crippen molar-refractivity contribution < 1.29 is 4.39 Å². The highest BCUT2D eigenvalue weighted by Crippen LogP contribution is 2.28. The van der Waals surface area contributed by atoms with Crippen molar-refractivity contribution >= 4 is 5.69 Å². The number of anilines is 1. The van der Waals surface area contributed by atoms with Gasteiger partial charge in [-0.3, -0.25) is 4.90 Å². The fourth-order valence-corrected chi connectivity index (χ4v) is 2.70. The Kier molecular flexibility index (Phi) is 4.11. The lowest BCUT2D eigenvalue weighted by molar-refractivity contribution is 0.114. The molecule has 0 aliphatic carbocycles. The summed E-state index contributed by atoms with van der Waals surface area (Å²) in [5.74, 6) is -0.169. The van der Waals surface area contributed by atoms with E-state index in [-0.39, 0.29) is 11.4 Å². The number of nitrogens with zero attached hydrogens (tertiary/aromatic N) is 2. The predicted molar refractivity (Wildman–Crippen MR) is 78.2 cm³/mol. The van der Waals surface area contributed by atoms with Crippen LogP contribution in [0.2, 0.25) is 0 Å². The van der Waals surface area contributed by atoms with E-state index in [1.54, 1.807) is 12.1 Å².